The second-order valence-corrected chi connectivity index (χ2v) is 2.97. The van der Waals surface area contributed by atoms with E-state index in [1.807, 2.05) is 0 Å². The lowest BCUT2D eigenvalue weighted by molar-refractivity contribution is 0.872. The summed E-state index contributed by atoms with van der Waals surface area (Å²) in [6.45, 7) is -2.48. The van der Waals surface area contributed by atoms with Gasteiger partial charge < -0.3 is 4.57 Å². The van der Waals surface area contributed by atoms with Gasteiger partial charge in [-0.2, -0.15) is 0 Å². The summed E-state index contributed by atoms with van der Waals surface area (Å²) in [7, 11) is 0. The van der Waals surface area contributed by atoms with Crippen LogP contribution in [0, 0.1) is 0 Å². The molecule has 3 nitrogen and oxygen atoms in total. The first-order chi connectivity index (χ1) is 7.39. The summed E-state index contributed by atoms with van der Waals surface area (Å²) in [6, 6.07) is 3.04. The molecule has 2 rings (SSSR count). The van der Waals surface area contributed by atoms with Crippen LogP contribution in [0.25, 0.3) is 10.8 Å². The zero-order valence-corrected chi connectivity index (χ0v) is 7.25. The van der Waals surface area contributed by atoms with Crippen LogP contribution in [-0.2, 0) is 6.98 Å². The summed E-state index contributed by atoms with van der Waals surface area (Å²) >= 11 is 5.67. The molecular weight excluding hydrogens is 188 g/mol. The second-order valence-electron chi connectivity index (χ2n) is 2.59. The summed E-state index contributed by atoms with van der Waals surface area (Å²) in [5, 5.41) is 1.08. The largest absolute Gasteiger partial charge is 0.318 e. The molecule has 0 radical (unpaired) electrons. The van der Waals surface area contributed by atoms with Crippen molar-refractivity contribution in [3.63, 3.8) is 0 Å². The van der Waals surface area contributed by atoms with Gasteiger partial charge in [-0.3, -0.25) is 4.79 Å². The van der Waals surface area contributed by atoms with Crippen LogP contribution in [0.4, 0.5) is 0 Å². The first-order valence-corrected chi connectivity index (χ1v) is 3.95. The molecule has 0 N–H and O–H groups in total. The third-order valence-electron chi connectivity index (χ3n) is 1.75. The highest BCUT2D eigenvalue weighted by Gasteiger charge is 2.00. The molecule has 13 heavy (non-hydrogen) atoms. The molecule has 0 spiro atoms. The van der Waals surface area contributed by atoms with Gasteiger partial charge in [0.15, 0.2) is 0 Å². The molecule has 0 aromatic carbocycles. The zero-order valence-electron chi connectivity index (χ0n) is 9.49. The molecule has 66 valence electrons. The minimum Gasteiger partial charge on any atom is -0.318 e. The third kappa shape index (κ3) is 1.31. The van der Waals surface area contributed by atoms with E-state index in [0.29, 0.717) is 9.95 Å². The molecule has 2 aromatic heterocycles. The Kier molecular flexibility index (Phi) is 1.18. The Bertz CT molecular complexity index is 606. The monoisotopic (exact) mass is 197 g/mol. The molecule has 0 aliphatic heterocycles. The Morgan fingerprint density at radius 1 is 1.69 bits per heavy atom. The summed E-state index contributed by atoms with van der Waals surface area (Å²) in [4.78, 5) is 15.6. The van der Waals surface area contributed by atoms with E-state index < -0.39 is 12.5 Å². The maximum atomic E-state index is 11.8. The molecule has 0 saturated carbocycles. The molecule has 0 bridgehead atoms. The normalized spacial score (nSPS) is 15.0. The molecule has 0 amide bonds. The lowest BCUT2D eigenvalue weighted by Crippen LogP contribution is -2.15. The van der Waals surface area contributed by atoms with E-state index in [-0.39, 0.29) is 10.5 Å². The predicted molar refractivity (Wildman–Crippen MR) is 52.0 cm³/mol. The van der Waals surface area contributed by atoms with Crippen LogP contribution in [-0.4, -0.2) is 9.55 Å². The fraction of sp³-hybridized carbons (Fsp3) is 0.111. The molecule has 2 aromatic rings. The third-order valence-corrected chi connectivity index (χ3v) is 1.96. The van der Waals surface area contributed by atoms with Crippen molar-refractivity contribution in [3.8, 4) is 0 Å². The van der Waals surface area contributed by atoms with Crippen LogP contribution in [0.15, 0.2) is 29.3 Å². The van der Waals surface area contributed by atoms with Crippen molar-refractivity contribution in [1.29, 1.82) is 0 Å². The van der Waals surface area contributed by atoms with Crippen LogP contribution in [0.2, 0.25) is 5.15 Å². The van der Waals surface area contributed by atoms with E-state index in [1.54, 1.807) is 0 Å². The number of aryl methyl sites for hydroxylation is 1. The smallest absolute Gasteiger partial charge is 0.259 e. The lowest BCUT2D eigenvalue weighted by Gasteiger charge is -1.99. The van der Waals surface area contributed by atoms with Crippen LogP contribution in [0.1, 0.15) is 4.11 Å². The second kappa shape index (κ2) is 2.85. The number of halogens is 1. The van der Waals surface area contributed by atoms with Gasteiger partial charge in [0.05, 0.1) is 5.39 Å². The van der Waals surface area contributed by atoms with Gasteiger partial charge in [0.1, 0.15) is 5.15 Å². The highest BCUT2D eigenvalue weighted by molar-refractivity contribution is 6.30. The van der Waals surface area contributed by atoms with Gasteiger partial charge >= 0.3 is 0 Å². The molecule has 0 saturated heterocycles. The van der Waals surface area contributed by atoms with Gasteiger partial charge in [-0.1, -0.05) is 11.6 Å². The van der Waals surface area contributed by atoms with Gasteiger partial charge in [0.25, 0.3) is 5.56 Å². The van der Waals surface area contributed by atoms with Crippen molar-refractivity contribution in [1.82, 2.24) is 9.55 Å². The van der Waals surface area contributed by atoms with Crippen LogP contribution in [0.3, 0.4) is 0 Å². The van der Waals surface area contributed by atoms with Crippen molar-refractivity contribution in [3.05, 3.63) is 40.0 Å². The van der Waals surface area contributed by atoms with E-state index in [9.17, 15) is 4.79 Å². The Balaban J connectivity index is 2.81. The Morgan fingerprint density at radius 2 is 2.54 bits per heavy atom. The molecule has 0 aliphatic rings. The summed E-state index contributed by atoms with van der Waals surface area (Å²) in [5.74, 6) is 0. The number of hydrogen-bond acceptors (Lipinski definition) is 2. The summed E-state index contributed by atoms with van der Waals surface area (Å²) < 4.78 is 22.2. The topological polar surface area (TPSA) is 34.9 Å². The van der Waals surface area contributed by atoms with E-state index in [2.05, 4.69) is 4.98 Å². The maximum Gasteiger partial charge on any atom is 0.259 e. The number of rotatable bonds is 0. The van der Waals surface area contributed by atoms with Crippen molar-refractivity contribution < 1.29 is 4.11 Å². The number of aromatic nitrogens is 2. The first kappa shape index (κ1) is 5.40. The SMILES string of the molecule is [2H]C([2H])([2H])n1ccc2cc(Cl)ncc2c1=O. The molecule has 4 heteroatoms. The van der Waals surface area contributed by atoms with Gasteiger partial charge in [-0.05, 0) is 17.5 Å². The molecule has 2 heterocycles. The minimum atomic E-state index is -2.48. The highest BCUT2D eigenvalue weighted by atomic mass is 35.5. The zero-order chi connectivity index (χ0) is 11.9. The Labute approximate surface area is 83.8 Å². The fourth-order valence-corrected chi connectivity index (χ4v) is 1.28. The number of pyridine rings is 2. The quantitative estimate of drug-likeness (QED) is 0.602. The molecule has 0 atom stereocenters. The number of fused-ring (bicyclic) bond motifs is 1. The van der Waals surface area contributed by atoms with E-state index >= 15 is 0 Å². The van der Waals surface area contributed by atoms with Crippen molar-refractivity contribution >= 4 is 22.4 Å². The van der Waals surface area contributed by atoms with Crippen molar-refractivity contribution in [2.75, 3.05) is 0 Å². The Hall–Kier alpha value is -1.35. The standard InChI is InChI=1S/C9H7ClN2O/c1-12-3-2-6-4-8(10)11-5-7(6)9(12)13/h2-5H,1H3/i1D3. The lowest BCUT2D eigenvalue weighted by atomic mass is 10.2. The van der Waals surface area contributed by atoms with E-state index in [1.165, 1.54) is 24.5 Å². The van der Waals surface area contributed by atoms with Crippen LogP contribution < -0.4 is 5.56 Å². The first-order valence-electron chi connectivity index (χ1n) is 5.07. The van der Waals surface area contributed by atoms with E-state index in [4.69, 9.17) is 15.7 Å². The Morgan fingerprint density at radius 3 is 3.31 bits per heavy atom. The average molecular weight is 198 g/mol. The number of nitrogens with zero attached hydrogens (tertiary/aromatic N) is 2. The summed E-state index contributed by atoms with van der Waals surface area (Å²) in [6.07, 6.45) is 2.51. The molecule has 0 fully saturated rings. The number of hydrogen-bond donors (Lipinski definition) is 0. The van der Waals surface area contributed by atoms with Gasteiger partial charge in [-0.25, -0.2) is 4.98 Å². The predicted octanol–water partition coefficient (Wildman–Crippen LogP) is 1.59. The molecular formula is C9H7ClN2O. The van der Waals surface area contributed by atoms with Gasteiger partial charge in [0, 0.05) is 23.5 Å². The van der Waals surface area contributed by atoms with Crippen molar-refractivity contribution in [2.45, 2.75) is 0 Å². The van der Waals surface area contributed by atoms with Gasteiger partial charge in [0.2, 0.25) is 0 Å². The fourth-order valence-electron chi connectivity index (χ4n) is 1.11. The maximum absolute atomic E-state index is 11.8. The van der Waals surface area contributed by atoms with Crippen molar-refractivity contribution in [2.24, 2.45) is 6.98 Å². The summed E-state index contributed by atoms with van der Waals surface area (Å²) in [5.41, 5.74) is -0.596. The van der Waals surface area contributed by atoms with Crippen LogP contribution in [0.5, 0.6) is 0 Å². The van der Waals surface area contributed by atoms with Gasteiger partial charge in [-0.15, -0.1) is 0 Å². The van der Waals surface area contributed by atoms with E-state index in [0.717, 1.165) is 0 Å². The molecule has 0 unspecified atom stereocenters. The highest BCUT2D eigenvalue weighted by Crippen LogP contribution is 2.12. The molecule has 0 aliphatic carbocycles. The average Bonchev–Trinajstić information content (AvgIpc) is 2.15. The van der Waals surface area contributed by atoms with Crippen LogP contribution >= 0.6 is 11.6 Å². The minimum absolute atomic E-state index is 0.239.